The second-order valence-corrected chi connectivity index (χ2v) is 20.7. The number of rotatable bonds is 38. The number of hydrogen-bond donors (Lipinski definition) is 15. The fourth-order valence-corrected chi connectivity index (χ4v) is 8.30. The Morgan fingerprint density at radius 3 is 1.40 bits per heavy atom. The number of amides is 10. The molecular weight excluding hydrogens is 1070 g/mol. The molecule has 0 heterocycles. The number of nitrogens with one attached hydrogen (secondary N) is 8. The number of aromatic hydroxyl groups is 1. The molecule has 0 unspecified atom stereocenters. The lowest BCUT2D eigenvalue weighted by Gasteiger charge is -2.30. The summed E-state index contributed by atoms with van der Waals surface area (Å²) < 4.78 is 0. The number of carbonyl (C=O) groups excluding carboxylic acids is 10. The summed E-state index contributed by atoms with van der Waals surface area (Å²) in [5.41, 5.74) is 23.6. The van der Waals surface area contributed by atoms with Gasteiger partial charge in [-0.05, 0) is 79.7 Å². The van der Waals surface area contributed by atoms with Gasteiger partial charge < -0.3 is 80.8 Å². The zero-order valence-corrected chi connectivity index (χ0v) is 47.4. The van der Waals surface area contributed by atoms with Crippen molar-refractivity contribution in [2.24, 2.45) is 40.7 Å². The van der Waals surface area contributed by atoms with Gasteiger partial charge in [-0.15, -0.1) is 0 Å². The van der Waals surface area contributed by atoms with Crippen LogP contribution in [0.25, 0.3) is 0 Å². The van der Waals surface area contributed by atoms with Crippen molar-refractivity contribution >= 4 is 71.0 Å². The number of carbonyl (C=O) groups is 12. The van der Waals surface area contributed by atoms with Crippen molar-refractivity contribution in [2.75, 3.05) is 6.54 Å². The van der Waals surface area contributed by atoms with E-state index in [-0.39, 0.29) is 57.2 Å². The molecule has 0 spiro atoms. The lowest BCUT2D eigenvalue weighted by molar-refractivity contribution is -0.142. The highest BCUT2D eigenvalue weighted by Gasteiger charge is 2.38. The van der Waals surface area contributed by atoms with Gasteiger partial charge in [0, 0.05) is 25.7 Å². The highest BCUT2D eigenvalue weighted by Crippen LogP contribution is 2.16. The standard InChI is InChI=1S/C55H84N12O15/c1-7-30(5)45(53(79)61-37(22-23-41(58)69)49(75)64-40(55(81)82)27-33-17-19-34(68)20-18-33)66-51(77)38(26-32-14-10-9-11-15-32)62-50(76)39(28-42(59)70)63-48(74)36(16-12-13-25-56)60-54(80)46(31(6)8-2)67-52(78)44(29(3)4)65-47(73)35(57)21-24-43(71)72/h9-11,14-15,17-20,29-31,35-40,44-46,68H,7-8,12-13,16,21-28,56-57H2,1-6H3,(H2,58,69)(H2,59,70)(H,60,80)(H,61,79)(H,62,76)(H,63,74)(H,64,75)(H,65,73)(H,66,77)(H,67,78)(H,71,72)(H,81,82)/t30-,31-,35-,36-,37-,38-,39-,40-,44-,45-,46-/m0/s1. The van der Waals surface area contributed by atoms with Crippen LogP contribution >= 0.6 is 0 Å². The van der Waals surface area contributed by atoms with Crippen LogP contribution in [-0.2, 0) is 70.4 Å². The van der Waals surface area contributed by atoms with E-state index in [1.165, 1.54) is 24.3 Å². The fraction of sp³-hybridized carbons (Fsp3) is 0.564. The molecule has 27 nitrogen and oxygen atoms in total. The molecule has 454 valence electrons. The Balaban J connectivity index is 2.49. The Labute approximate surface area is 476 Å². The Kier molecular flexibility index (Phi) is 30.3. The molecule has 11 atom stereocenters. The van der Waals surface area contributed by atoms with Crippen molar-refractivity contribution in [2.45, 2.75) is 173 Å². The monoisotopic (exact) mass is 1150 g/mol. The number of phenolic OH excluding ortho intramolecular Hbond substituents is 1. The van der Waals surface area contributed by atoms with Crippen LogP contribution < -0.4 is 65.5 Å². The van der Waals surface area contributed by atoms with Crippen molar-refractivity contribution in [1.82, 2.24) is 42.5 Å². The van der Waals surface area contributed by atoms with E-state index in [4.69, 9.17) is 28.0 Å². The zero-order valence-electron chi connectivity index (χ0n) is 47.4. The Morgan fingerprint density at radius 2 is 0.915 bits per heavy atom. The van der Waals surface area contributed by atoms with Gasteiger partial charge in [0.1, 0.15) is 54.1 Å². The smallest absolute Gasteiger partial charge is 0.326 e. The number of primary amides is 2. The molecule has 10 amide bonds. The van der Waals surface area contributed by atoms with E-state index < -0.39 is 162 Å². The van der Waals surface area contributed by atoms with Gasteiger partial charge in [0.25, 0.3) is 0 Å². The molecule has 0 saturated heterocycles. The van der Waals surface area contributed by atoms with Crippen molar-refractivity contribution in [3.05, 3.63) is 65.7 Å². The van der Waals surface area contributed by atoms with Crippen LogP contribution in [0.1, 0.15) is 117 Å². The quantitative estimate of drug-likeness (QED) is 0.0335. The number of hydrogen-bond acceptors (Lipinski definition) is 15. The van der Waals surface area contributed by atoms with Gasteiger partial charge in [0.15, 0.2) is 0 Å². The number of benzene rings is 2. The van der Waals surface area contributed by atoms with Gasteiger partial charge >= 0.3 is 11.9 Å². The third-order valence-electron chi connectivity index (χ3n) is 13.7. The van der Waals surface area contributed by atoms with E-state index >= 15 is 0 Å². The summed E-state index contributed by atoms with van der Waals surface area (Å²) in [5.74, 6) is -13.6. The second kappa shape index (κ2) is 35.5. The average Bonchev–Trinajstić information content (AvgIpc) is 3.42. The van der Waals surface area contributed by atoms with E-state index in [2.05, 4.69) is 42.5 Å². The van der Waals surface area contributed by atoms with Gasteiger partial charge in [-0.25, -0.2) is 4.79 Å². The number of nitrogens with two attached hydrogens (primary N) is 4. The molecule has 82 heavy (non-hydrogen) atoms. The molecule has 0 radical (unpaired) electrons. The van der Waals surface area contributed by atoms with E-state index in [1.807, 2.05) is 0 Å². The van der Waals surface area contributed by atoms with Crippen molar-refractivity contribution in [1.29, 1.82) is 0 Å². The maximum absolute atomic E-state index is 14.5. The minimum absolute atomic E-state index is 0.0527. The van der Waals surface area contributed by atoms with Crippen LogP contribution in [0.5, 0.6) is 5.75 Å². The van der Waals surface area contributed by atoms with Crippen molar-refractivity contribution in [3.63, 3.8) is 0 Å². The van der Waals surface area contributed by atoms with Crippen LogP contribution in [0.15, 0.2) is 54.6 Å². The number of carboxylic acids is 2. The van der Waals surface area contributed by atoms with Crippen LogP contribution in [0.2, 0.25) is 0 Å². The first kappa shape index (κ1) is 69.9. The molecule has 0 aliphatic heterocycles. The predicted octanol–water partition coefficient (Wildman–Crippen LogP) is -1.65. The molecule has 0 aliphatic rings. The van der Waals surface area contributed by atoms with E-state index in [0.717, 1.165) is 0 Å². The molecule has 2 aromatic carbocycles. The van der Waals surface area contributed by atoms with Crippen LogP contribution in [0, 0.1) is 17.8 Å². The first-order chi connectivity index (χ1) is 38.6. The van der Waals surface area contributed by atoms with E-state index in [0.29, 0.717) is 24.0 Å². The maximum Gasteiger partial charge on any atom is 0.326 e. The molecule has 0 bridgehead atoms. The number of unbranched alkanes of at least 4 members (excludes halogenated alkanes) is 1. The molecule has 19 N–H and O–H groups in total. The number of aliphatic carboxylic acids is 2. The minimum atomic E-state index is -1.77. The highest BCUT2D eigenvalue weighted by atomic mass is 16.4. The zero-order chi connectivity index (χ0) is 61.8. The predicted molar refractivity (Wildman–Crippen MR) is 299 cm³/mol. The second-order valence-electron chi connectivity index (χ2n) is 20.7. The lowest BCUT2D eigenvalue weighted by Crippen LogP contribution is -2.62. The van der Waals surface area contributed by atoms with E-state index in [1.54, 1.807) is 71.9 Å². The molecule has 0 fully saturated rings. The Hall–Kier alpha value is -8.20. The van der Waals surface area contributed by atoms with Crippen molar-refractivity contribution < 1.29 is 72.9 Å². The first-order valence-corrected chi connectivity index (χ1v) is 27.3. The lowest BCUT2D eigenvalue weighted by atomic mass is 9.95. The molecule has 0 aliphatic carbocycles. The van der Waals surface area contributed by atoms with Gasteiger partial charge in [0.2, 0.25) is 59.1 Å². The third-order valence-corrected chi connectivity index (χ3v) is 13.7. The van der Waals surface area contributed by atoms with Crippen LogP contribution in [-0.4, -0.2) is 147 Å². The van der Waals surface area contributed by atoms with Gasteiger partial charge in [-0.2, -0.15) is 0 Å². The minimum Gasteiger partial charge on any atom is -0.508 e. The number of carboxylic acid groups (broad SMARTS) is 2. The van der Waals surface area contributed by atoms with Gasteiger partial charge in [-0.3, -0.25) is 52.7 Å². The average molecular weight is 1150 g/mol. The molecule has 0 aromatic heterocycles. The summed E-state index contributed by atoms with van der Waals surface area (Å²) >= 11 is 0. The Morgan fingerprint density at radius 1 is 0.476 bits per heavy atom. The largest absolute Gasteiger partial charge is 0.508 e. The summed E-state index contributed by atoms with van der Waals surface area (Å²) in [4.78, 5) is 160. The summed E-state index contributed by atoms with van der Waals surface area (Å²) in [5, 5.41) is 49.1. The molecular formula is C55H84N12O15. The highest BCUT2D eigenvalue weighted by molar-refractivity contribution is 5.99. The van der Waals surface area contributed by atoms with Crippen LogP contribution in [0.4, 0.5) is 0 Å². The molecule has 0 saturated carbocycles. The molecule has 27 heteroatoms. The molecule has 2 rings (SSSR count). The van der Waals surface area contributed by atoms with E-state index in [9.17, 15) is 67.7 Å². The molecule has 2 aromatic rings. The normalized spacial score (nSPS) is 15.1. The summed E-state index contributed by atoms with van der Waals surface area (Å²) in [6, 6.07) is 0.877. The fourth-order valence-electron chi connectivity index (χ4n) is 8.30. The topological polar surface area (TPSA) is 466 Å². The summed E-state index contributed by atoms with van der Waals surface area (Å²) in [6.07, 6.45) is -1.42. The summed E-state index contributed by atoms with van der Waals surface area (Å²) in [6.45, 7) is 10.2. The SMILES string of the molecule is CC[C@H](C)[C@H](NC(=O)[C@H](Cc1ccccc1)NC(=O)[C@H](CC(N)=O)NC(=O)[C@H](CCCCN)NC(=O)[C@@H](NC(=O)[C@@H](NC(=O)[C@@H](N)CCC(=O)O)C(C)C)[C@@H](C)CC)C(=O)N[C@@H](CCC(N)=O)C(=O)N[C@@H](Cc1ccc(O)cc1)C(=O)O. The third kappa shape index (κ3) is 24.7. The van der Waals surface area contributed by atoms with Crippen molar-refractivity contribution in [3.8, 4) is 5.75 Å². The maximum atomic E-state index is 14.5. The number of phenols is 1. The van der Waals surface area contributed by atoms with Crippen LogP contribution in [0.3, 0.4) is 0 Å². The first-order valence-electron chi connectivity index (χ1n) is 27.3. The van der Waals surface area contributed by atoms with Gasteiger partial charge in [-0.1, -0.05) is 96.8 Å². The Bertz CT molecular complexity index is 2500. The van der Waals surface area contributed by atoms with Gasteiger partial charge in [0.05, 0.1) is 12.5 Å². The summed E-state index contributed by atoms with van der Waals surface area (Å²) in [7, 11) is 0.